The number of alkyl halides is 1. The van der Waals surface area contributed by atoms with Gasteiger partial charge in [-0.05, 0) is 24.3 Å². The van der Waals surface area contributed by atoms with Gasteiger partial charge in [0.15, 0.2) is 10.8 Å². The molecule has 0 saturated carbocycles. The minimum Gasteiger partial charge on any atom is -0.393 e. The maximum Gasteiger partial charge on any atom is 0.186 e. The summed E-state index contributed by atoms with van der Waals surface area (Å²) in [6, 6.07) is 5.91. The Morgan fingerprint density at radius 1 is 1.29 bits per heavy atom. The van der Waals surface area contributed by atoms with E-state index in [9.17, 15) is 9.50 Å². The highest BCUT2D eigenvalue weighted by Crippen LogP contribution is 2.41. The number of hydrogen-bond donors (Lipinski definition) is 2. The number of rotatable bonds is 4. The van der Waals surface area contributed by atoms with Gasteiger partial charge in [0.25, 0.3) is 0 Å². The highest BCUT2D eigenvalue weighted by Gasteiger charge is 2.40. The first-order chi connectivity index (χ1) is 13.4. The van der Waals surface area contributed by atoms with Gasteiger partial charge in [0.05, 0.1) is 27.5 Å². The molecule has 0 radical (unpaired) electrons. The van der Waals surface area contributed by atoms with Crippen LogP contribution in [0.3, 0.4) is 0 Å². The molecule has 3 heterocycles. The topological polar surface area (TPSA) is 69.5 Å². The lowest BCUT2D eigenvalue weighted by molar-refractivity contribution is 0.0945. The summed E-state index contributed by atoms with van der Waals surface area (Å²) in [4.78, 5) is 10.6. The molecule has 2 aromatic heterocycles. The van der Waals surface area contributed by atoms with Crippen LogP contribution < -0.4 is 4.90 Å². The molecule has 148 valence electrons. The lowest BCUT2D eigenvalue weighted by atomic mass is 9.89. The summed E-state index contributed by atoms with van der Waals surface area (Å²) in [5.74, 6) is -0.306. The molecular weight excluding hydrogens is 408 g/mol. The van der Waals surface area contributed by atoms with Crippen LogP contribution in [0.5, 0.6) is 0 Å². The number of benzene rings is 1. The zero-order valence-electron chi connectivity index (χ0n) is 14.8. The largest absolute Gasteiger partial charge is 0.393 e. The van der Waals surface area contributed by atoms with Gasteiger partial charge in [0.2, 0.25) is 0 Å². The van der Waals surface area contributed by atoms with E-state index in [1.54, 1.807) is 6.07 Å². The summed E-state index contributed by atoms with van der Waals surface area (Å²) in [5, 5.41) is 19.6. The molecule has 0 aliphatic carbocycles. The fraction of sp³-hybridized carbons (Fsp3) is 0.368. The maximum atomic E-state index is 15.6. The Morgan fingerprint density at radius 3 is 2.71 bits per heavy atom. The molecule has 1 aliphatic heterocycles. The van der Waals surface area contributed by atoms with Crippen molar-refractivity contribution < 1.29 is 19.0 Å². The number of hydrogen-bond acceptors (Lipinski definition) is 6. The Kier molecular flexibility index (Phi) is 5.22. The molecule has 3 aromatic rings. The molecule has 1 fully saturated rings. The summed E-state index contributed by atoms with van der Waals surface area (Å²) < 4.78 is 29.7. The van der Waals surface area contributed by atoms with E-state index in [2.05, 4.69) is 9.97 Å². The van der Waals surface area contributed by atoms with Crippen LogP contribution in [0.1, 0.15) is 30.2 Å². The highest BCUT2D eigenvalue weighted by molar-refractivity contribution is 7.22. The number of aromatic nitrogens is 2. The Hall–Kier alpha value is -1.87. The van der Waals surface area contributed by atoms with Crippen molar-refractivity contribution in [3.05, 3.63) is 52.6 Å². The third kappa shape index (κ3) is 3.57. The van der Waals surface area contributed by atoms with Crippen molar-refractivity contribution in [1.29, 1.82) is 0 Å². The number of halogens is 3. The van der Waals surface area contributed by atoms with Crippen molar-refractivity contribution in [1.82, 2.24) is 9.97 Å². The minimum absolute atomic E-state index is 0.136. The Balaban J connectivity index is 1.52. The number of anilines is 1. The van der Waals surface area contributed by atoms with Gasteiger partial charge in [-0.25, -0.2) is 13.8 Å². The molecule has 0 unspecified atom stereocenters. The number of fused-ring (bicyclic) bond motifs is 1. The molecule has 28 heavy (non-hydrogen) atoms. The normalized spacial score (nSPS) is 17.8. The van der Waals surface area contributed by atoms with E-state index in [0.717, 1.165) is 15.3 Å². The fourth-order valence-electron chi connectivity index (χ4n) is 3.38. The smallest absolute Gasteiger partial charge is 0.186 e. The van der Waals surface area contributed by atoms with Gasteiger partial charge in [0, 0.05) is 37.7 Å². The minimum atomic E-state index is -1.68. The molecule has 4 rings (SSSR count). The average molecular weight is 426 g/mol. The van der Waals surface area contributed by atoms with Crippen molar-refractivity contribution in [3.8, 4) is 0 Å². The first kappa shape index (κ1) is 19.4. The molecular formula is C19H18ClF2N3O2S. The number of nitrogens with zero attached hydrogens (tertiary/aromatic N) is 3. The second kappa shape index (κ2) is 7.51. The molecule has 5 nitrogen and oxygen atoms in total. The second-order valence-electron chi connectivity index (χ2n) is 6.86. The standard InChI is InChI=1S/C19H18ClF2N3O2S/c20-13-7-11(15(27)10-26)9-23-17(13)19(22)3-5-25(6-4-19)18-24-14-2-1-12(21)8-16(14)28-18/h1-2,7-9,15,26-27H,3-6,10H2/t15-/m1/s1. The lowest BCUT2D eigenvalue weighted by Gasteiger charge is -2.36. The zero-order chi connectivity index (χ0) is 19.9. The SMILES string of the molecule is OC[C@@H](O)c1cnc(C2(F)CCN(c3nc4ccc(F)cc4s3)CC2)c(Cl)c1. The number of thiazole rings is 1. The zero-order valence-corrected chi connectivity index (χ0v) is 16.4. The van der Waals surface area contributed by atoms with Gasteiger partial charge >= 0.3 is 0 Å². The van der Waals surface area contributed by atoms with Crippen molar-refractivity contribution in [2.45, 2.75) is 24.6 Å². The highest BCUT2D eigenvalue weighted by atomic mass is 35.5. The van der Waals surface area contributed by atoms with Gasteiger partial charge < -0.3 is 15.1 Å². The van der Waals surface area contributed by atoms with E-state index in [0.29, 0.717) is 18.7 Å². The van der Waals surface area contributed by atoms with Crippen molar-refractivity contribution >= 4 is 38.3 Å². The van der Waals surface area contributed by atoms with Gasteiger partial charge in [-0.1, -0.05) is 22.9 Å². The van der Waals surface area contributed by atoms with Gasteiger partial charge in [-0.3, -0.25) is 4.98 Å². The van der Waals surface area contributed by atoms with Crippen LogP contribution in [-0.2, 0) is 5.67 Å². The van der Waals surface area contributed by atoms with Crippen molar-refractivity contribution in [3.63, 3.8) is 0 Å². The van der Waals surface area contributed by atoms with Crippen LogP contribution in [-0.4, -0.2) is 39.9 Å². The maximum absolute atomic E-state index is 15.6. The van der Waals surface area contributed by atoms with Crippen LogP contribution >= 0.6 is 22.9 Å². The quantitative estimate of drug-likeness (QED) is 0.661. The number of aliphatic hydroxyl groups is 2. The van der Waals surface area contributed by atoms with Gasteiger partial charge in [-0.15, -0.1) is 0 Å². The molecule has 1 aromatic carbocycles. The van der Waals surface area contributed by atoms with E-state index in [-0.39, 0.29) is 29.4 Å². The van der Waals surface area contributed by atoms with Crippen molar-refractivity contribution in [2.75, 3.05) is 24.6 Å². The first-order valence-electron chi connectivity index (χ1n) is 8.84. The van der Waals surface area contributed by atoms with Crippen LogP contribution in [0, 0.1) is 5.82 Å². The molecule has 2 N–H and O–H groups in total. The summed E-state index contributed by atoms with van der Waals surface area (Å²) in [6.07, 6.45) is 0.621. The van der Waals surface area contributed by atoms with E-state index in [1.807, 2.05) is 4.90 Å². The van der Waals surface area contributed by atoms with Crippen LogP contribution in [0.4, 0.5) is 13.9 Å². The fourth-order valence-corrected chi connectivity index (χ4v) is 4.77. The summed E-state index contributed by atoms with van der Waals surface area (Å²) in [6.45, 7) is 0.398. The molecule has 9 heteroatoms. The van der Waals surface area contributed by atoms with Crippen molar-refractivity contribution in [2.24, 2.45) is 0 Å². The Labute approximate surface area is 169 Å². The molecule has 0 bridgehead atoms. The molecule has 0 spiro atoms. The van der Waals surface area contributed by atoms with E-state index >= 15 is 4.39 Å². The third-order valence-electron chi connectivity index (χ3n) is 5.01. The lowest BCUT2D eigenvalue weighted by Crippen LogP contribution is -2.40. The molecule has 1 atom stereocenters. The first-order valence-corrected chi connectivity index (χ1v) is 10.0. The third-order valence-corrected chi connectivity index (χ3v) is 6.38. The van der Waals surface area contributed by atoms with Crippen LogP contribution in [0.15, 0.2) is 30.5 Å². The molecule has 1 aliphatic rings. The molecule has 1 saturated heterocycles. The summed E-state index contributed by atoms with van der Waals surface area (Å²) in [7, 11) is 0. The number of pyridine rings is 1. The summed E-state index contributed by atoms with van der Waals surface area (Å²) >= 11 is 7.60. The number of aliphatic hydroxyl groups excluding tert-OH is 2. The van der Waals surface area contributed by atoms with Crippen LogP contribution in [0.25, 0.3) is 10.2 Å². The Bertz CT molecular complexity index is 1010. The average Bonchev–Trinajstić information content (AvgIpc) is 3.10. The second-order valence-corrected chi connectivity index (χ2v) is 8.27. The number of piperidine rings is 1. The summed E-state index contributed by atoms with van der Waals surface area (Å²) in [5.41, 5.74) is -0.465. The van der Waals surface area contributed by atoms with E-state index in [4.69, 9.17) is 16.7 Å². The van der Waals surface area contributed by atoms with Gasteiger partial charge in [0.1, 0.15) is 11.9 Å². The van der Waals surface area contributed by atoms with E-state index < -0.39 is 18.4 Å². The monoisotopic (exact) mass is 425 g/mol. The van der Waals surface area contributed by atoms with E-state index in [1.165, 1.54) is 35.7 Å². The predicted molar refractivity (Wildman–Crippen MR) is 105 cm³/mol. The Morgan fingerprint density at radius 2 is 2.04 bits per heavy atom. The van der Waals surface area contributed by atoms with Crippen LogP contribution in [0.2, 0.25) is 5.02 Å². The molecule has 0 amide bonds. The predicted octanol–water partition coefficient (Wildman–Crippen LogP) is 3.97. The van der Waals surface area contributed by atoms with Gasteiger partial charge in [-0.2, -0.15) is 0 Å².